The molecular formula is C9H8N2O2S. The SMILES string of the molecule is COC(=O)c1ccc(N)c2ncsc12. The number of methoxy groups -OCH3 is 1. The van der Waals surface area contributed by atoms with Crippen LogP contribution in [-0.4, -0.2) is 18.1 Å². The first kappa shape index (κ1) is 8.96. The molecule has 0 bridgehead atoms. The molecule has 0 aliphatic heterocycles. The number of benzene rings is 1. The van der Waals surface area contributed by atoms with Crippen LogP contribution < -0.4 is 5.73 Å². The number of fused-ring (bicyclic) bond motifs is 1. The average molecular weight is 208 g/mol. The van der Waals surface area contributed by atoms with Gasteiger partial charge in [-0.1, -0.05) is 0 Å². The van der Waals surface area contributed by atoms with Crippen molar-refractivity contribution < 1.29 is 9.53 Å². The van der Waals surface area contributed by atoms with Crippen molar-refractivity contribution in [2.45, 2.75) is 0 Å². The highest BCUT2D eigenvalue weighted by atomic mass is 32.1. The average Bonchev–Trinajstić information content (AvgIpc) is 2.67. The Morgan fingerprint density at radius 3 is 3.07 bits per heavy atom. The number of rotatable bonds is 1. The van der Waals surface area contributed by atoms with Gasteiger partial charge < -0.3 is 10.5 Å². The number of carbonyl (C=O) groups excluding carboxylic acids is 1. The molecule has 0 saturated carbocycles. The maximum Gasteiger partial charge on any atom is 0.339 e. The van der Waals surface area contributed by atoms with E-state index in [1.54, 1.807) is 17.6 Å². The van der Waals surface area contributed by atoms with Crippen LogP contribution in [0.5, 0.6) is 0 Å². The van der Waals surface area contributed by atoms with Crippen LogP contribution in [0.2, 0.25) is 0 Å². The van der Waals surface area contributed by atoms with Gasteiger partial charge in [-0.05, 0) is 12.1 Å². The summed E-state index contributed by atoms with van der Waals surface area (Å²) in [6, 6.07) is 3.32. The van der Waals surface area contributed by atoms with Crippen molar-refractivity contribution in [3.63, 3.8) is 0 Å². The standard InChI is InChI=1S/C9H8N2O2S/c1-13-9(12)5-2-3-6(10)7-8(5)14-4-11-7/h2-4H,10H2,1H3. The summed E-state index contributed by atoms with van der Waals surface area (Å²) >= 11 is 1.38. The van der Waals surface area contributed by atoms with Crippen LogP contribution in [-0.2, 0) is 4.74 Å². The smallest absolute Gasteiger partial charge is 0.339 e. The molecule has 0 aliphatic carbocycles. The number of nitrogens with zero attached hydrogens (tertiary/aromatic N) is 1. The lowest BCUT2D eigenvalue weighted by molar-refractivity contribution is 0.0603. The van der Waals surface area contributed by atoms with Crippen molar-refractivity contribution in [1.82, 2.24) is 4.98 Å². The number of esters is 1. The van der Waals surface area contributed by atoms with E-state index in [0.29, 0.717) is 16.8 Å². The Labute approximate surface area is 84.3 Å². The summed E-state index contributed by atoms with van der Waals surface area (Å²) in [5, 5.41) is 0. The Morgan fingerprint density at radius 2 is 2.36 bits per heavy atom. The van der Waals surface area contributed by atoms with Gasteiger partial charge in [0, 0.05) is 0 Å². The molecule has 0 saturated heterocycles. The van der Waals surface area contributed by atoms with Gasteiger partial charge in [-0.2, -0.15) is 0 Å². The molecule has 0 aliphatic rings. The lowest BCUT2D eigenvalue weighted by Crippen LogP contribution is -2.01. The van der Waals surface area contributed by atoms with Crippen LogP contribution in [0.15, 0.2) is 17.6 Å². The van der Waals surface area contributed by atoms with Gasteiger partial charge in [-0.25, -0.2) is 9.78 Å². The first-order chi connectivity index (χ1) is 6.74. The fourth-order valence-corrected chi connectivity index (χ4v) is 2.07. The highest BCUT2D eigenvalue weighted by molar-refractivity contribution is 7.17. The number of thiazole rings is 1. The van der Waals surface area contributed by atoms with E-state index < -0.39 is 0 Å². The molecule has 1 aromatic heterocycles. The molecule has 1 heterocycles. The third kappa shape index (κ3) is 1.22. The summed E-state index contributed by atoms with van der Waals surface area (Å²) in [7, 11) is 1.35. The lowest BCUT2D eigenvalue weighted by Gasteiger charge is -2.01. The molecule has 72 valence electrons. The summed E-state index contributed by atoms with van der Waals surface area (Å²) in [5.41, 5.74) is 9.12. The molecule has 5 heteroatoms. The van der Waals surface area contributed by atoms with Crippen molar-refractivity contribution in [2.24, 2.45) is 0 Å². The molecule has 14 heavy (non-hydrogen) atoms. The topological polar surface area (TPSA) is 65.2 Å². The molecule has 0 amide bonds. The van der Waals surface area contributed by atoms with Crippen LogP contribution in [0.25, 0.3) is 10.2 Å². The van der Waals surface area contributed by atoms with Crippen LogP contribution in [0.3, 0.4) is 0 Å². The molecular weight excluding hydrogens is 200 g/mol. The number of nitrogen functional groups attached to an aromatic ring is 1. The minimum Gasteiger partial charge on any atom is -0.465 e. The zero-order chi connectivity index (χ0) is 10.1. The first-order valence-corrected chi connectivity index (χ1v) is 4.82. The third-order valence-corrected chi connectivity index (χ3v) is 2.78. The van der Waals surface area contributed by atoms with E-state index in [1.165, 1.54) is 18.4 Å². The number of aromatic nitrogens is 1. The Morgan fingerprint density at radius 1 is 1.57 bits per heavy atom. The Balaban J connectivity index is 2.72. The molecule has 0 spiro atoms. The number of ether oxygens (including phenoxy) is 1. The van der Waals surface area contributed by atoms with E-state index in [2.05, 4.69) is 9.72 Å². The third-order valence-electron chi connectivity index (χ3n) is 1.92. The van der Waals surface area contributed by atoms with Gasteiger partial charge in [0.2, 0.25) is 0 Å². The largest absolute Gasteiger partial charge is 0.465 e. The van der Waals surface area contributed by atoms with Crippen LogP contribution in [0.4, 0.5) is 5.69 Å². The minimum atomic E-state index is -0.362. The van der Waals surface area contributed by atoms with Crippen molar-refractivity contribution in [3.05, 3.63) is 23.2 Å². The molecule has 2 rings (SSSR count). The molecule has 0 atom stereocenters. The van der Waals surface area contributed by atoms with Gasteiger partial charge in [0.25, 0.3) is 0 Å². The summed E-state index contributed by atoms with van der Waals surface area (Å²) in [4.78, 5) is 15.4. The van der Waals surface area contributed by atoms with Crippen LogP contribution in [0, 0.1) is 0 Å². The monoisotopic (exact) mass is 208 g/mol. The summed E-state index contributed by atoms with van der Waals surface area (Å²) in [6.07, 6.45) is 0. The maximum atomic E-state index is 11.4. The zero-order valence-electron chi connectivity index (χ0n) is 7.48. The second-order valence-electron chi connectivity index (χ2n) is 2.72. The van der Waals surface area contributed by atoms with Gasteiger partial charge in [0.15, 0.2) is 0 Å². The molecule has 2 aromatic rings. The molecule has 1 aromatic carbocycles. The van der Waals surface area contributed by atoms with Crippen molar-refractivity contribution >= 4 is 33.2 Å². The van der Waals surface area contributed by atoms with Crippen molar-refractivity contribution in [1.29, 1.82) is 0 Å². The van der Waals surface area contributed by atoms with E-state index >= 15 is 0 Å². The number of hydrogen-bond donors (Lipinski definition) is 1. The lowest BCUT2D eigenvalue weighted by atomic mass is 10.2. The number of anilines is 1. The van der Waals surface area contributed by atoms with Gasteiger partial charge in [0.05, 0.1) is 28.6 Å². The maximum absolute atomic E-state index is 11.4. The summed E-state index contributed by atoms with van der Waals surface area (Å²) < 4.78 is 5.43. The first-order valence-electron chi connectivity index (χ1n) is 3.94. The molecule has 0 unspecified atom stereocenters. The Hall–Kier alpha value is -1.62. The van der Waals surface area contributed by atoms with Crippen molar-refractivity contribution in [2.75, 3.05) is 12.8 Å². The number of carbonyl (C=O) groups is 1. The van der Waals surface area contributed by atoms with Crippen LogP contribution in [0.1, 0.15) is 10.4 Å². The molecule has 0 fully saturated rings. The number of nitrogens with two attached hydrogens (primary N) is 1. The van der Waals surface area contributed by atoms with E-state index in [9.17, 15) is 4.79 Å². The van der Waals surface area contributed by atoms with Crippen LogP contribution >= 0.6 is 11.3 Å². The van der Waals surface area contributed by atoms with Gasteiger partial charge in [-0.15, -0.1) is 11.3 Å². The number of hydrogen-bond acceptors (Lipinski definition) is 5. The summed E-state index contributed by atoms with van der Waals surface area (Å²) in [6.45, 7) is 0. The quantitative estimate of drug-likeness (QED) is 0.571. The van der Waals surface area contributed by atoms with Crippen molar-refractivity contribution in [3.8, 4) is 0 Å². The summed E-state index contributed by atoms with van der Waals surface area (Å²) in [5.74, 6) is -0.362. The van der Waals surface area contributed by atoms with E-state index in [1.807, 2.05) is 0 Å². The normalized spacial score (nSPS) is 10.4. The van der Waals surface area contributed by atoms with Gasteiger partial charge in [0.1, 0.15) is 5.52 Å². The van der Waals surface area contributed by atoms with Gasteiger partial charge >= 0.3 is 5.97 Å². The molecule has 4 nitrogen and oxygen atoms in total. The van der Waals surface area contributed by atoms with Gasteiger partial charge in [-0.3, -0.25) is 0 Å². The fraction of sp³-hybridized carbons (Fsp3) is 0.111. The van der Waals surface area contributed by atoms with E-state index in [-0.39, 0.29) is 5.97 Å². The highest BCUT2D eigenvalue weighted by Gasteiger charge is 2.13. The fourth-order valence-electron chi connectivity index (χ4n) is 1.24. The Kier molecular flexibility index (Phi) is 2.09. The molecule has 2 N–H and O–H groups in total. The minimum absolute atomic E-state index is 0.362. The van der Waals surface area contributed by atoms with E-state index in [0.717, 1.165) is 4.70 Å². The zero-order valence-corrected chi connectivity index (χ0v) is 8.30. The highest BCUT2D eigenvalue weighted by Crippen LogP contribution is 2.27. The molecule has 0 radical (unpaired) electrons. The predicted octanol–water partition coefficient (Wildman–Crippen LogP) is 1.67. The Bertz CT molecular complexity index is 493. The second kappa shape index (κ2) is 3.26. The van der Waals surface area contributed by atoms with E-state index in [4.69, 9.17) is 5.73 Å². The second-order valence-corrected chi connectivity index (χ2v) is 3.58. The predicted molar refractivity (Wildman–Crippen MR) is 55.4 cm³/mol.